The first-order chi connectivity index (χ1) is 9.24. The van der Waals surface area contributed by atoms with E-state index in [1.807, 2.05) is 26.0 Å². The molecule has 20 heavy (non-hydrogen) atoms. The minimum absolute atomic E-state index is 0.161. The lowest BCUT2D eigenvalue weighted by Gasteiger charge is -2.52. The van der Waals surface area contributed by atoms with Gasteiger partial charge in [0, 0.05) is 16.5 Å². The van der Waals surface area contributed by atoms with Crippen LogP contribution in [0.5, 0.6) is 0 Å². The van der Waals surface area contributed by atoms with Gasteiger partial charge in [0.05, 0.1) is 5.60 Å². The van der Waals surface area contributed by atoms with Gasteiger partial charge in [-0.2, -0.15) is 0 Å². The van der Waals surface area contributed by atoms with Gasteiger partial charge in [-0.05, 0) is 64.9 Å². The summed E-state index contributed by atoms with van der Waals surface area (Å²) in [6.07, 6.45) is 4.42. The number of hydrogen-bond donors (Lipinski definition) is 1. The number of nitrogens with zero attached hydrogens (tertiary/aromatic N) is 1. The average Bonchev–Trinajstić information content (AvgIpc) is 2.27. The van der Waals surface area contributed by atoms with E-state index in [2.05, 4.69) is 31.1 Å². The van der Waals surface area contributed by atoms with Crippen LogP contribution in [0, 0.1) is 0 Å². The van der Waals surface area contributed by atoms with E-state index in [0.29, 0.717) is 6.04 Å². The van der Waals surface area contributed by atoms with Crippen molar-refractivity contribution in [1.82, 2.24) is 4.90 Å². The molecule has 0 amide bonds. The van der Waals surface area contributed by atoms with Crippen molar-refractivity contribution in [3.63, 3.8) is 0 Å². The van der Waals surface area contributed by atoms with Gasteiger partial charge >= 0.3 is 0 Å². The van der Waals surface area contributed by atoms with E-state index >= 15 is 0 Å². The molecular weight excluding hydrogens is 270 g/mol. The van der Waals surface area contributed by atoms with Crippen LogP contribution in [0.4, 0.5) is 0 Å². The molecule has 2 rings (SSSR count). The summed E-state index contributed by atoms with van der Waals surface area (Å²) in [7, 11) is 4.23. The van der Waals surface area contributed by atoms with Gasteiger partial charge in [0.15, 0.2) is 0 Å². The zero-order valence-electron chi connectivity index (χ0n) is 13.0. The van der Waals surface area contributed by atoms with Crippen molar-refractivity contribution < 1.29 is 5.11 Å². The minimum Gasteiger partial charge on any atom is -0.390 e. The van der Waals surface area contributed by atoms with Crippen molar-refractivity contribution in [1.29, 1.82) is 0 Å². The molecule has 1 aromatic carbocycles. The van der Waals surface area contributed by atoms with Crippen LogP contribution in [0.15, 0.2) is 24.3 Å². The fraction of sp³-hybridized carbons (Fsp3) is 0.647. The molecule has 2 nitrogen and oxygen atoms in total. The summed E-state index contributed by atoms with van der Waals surface area (Å²) >= 11 is 6.02. The number of halogens is 1. The second kappa shape index (κ2) is 5.67. The van der Waals surface area contributed by atoms with E-state index in [9.17, 15) is 5.11 Å². The molecule has 0 saturated heterocycles. The van der Waals surface area contributed by atoms with E-state index < -0.39 is 5.60 Å². The van der Waals surface area contributed by atoms with E-state index in [0.717, 1.165) is 11.4 Å². The summed E-state index contributed by atoms with van der Waals surface area (Å²) in [5.41, 5.74) is 0.869. The van der Waals surface area contributed by atoms with Crippen LogP contribution in [0.1, 0.15) is 45.1 Å². The maximum Gasteiger partial charge on any atom is 0.0607 e. The Morgan fingerprint density at radius 2 is 1.80 bits per heavy atom. The molecule has 1 saturated carbocycles. The third-order valence-electron chi connectivity index (χ3n) is 4.62. The minimum atomic E-state index is -0.649. The maximum absolute atomic E-state index is 10.3. The van der Waals surface area contributed by atoms with Gasteiger partial charge < -0.3 is 10.0 Å². The smallest absolute Gasteiger partial charge is 0.0607 e. The van der Waals surface area contributed by atoms with Gasteiger partial charge in [-0.25, -0.2) is 0 Å². The van der Waals surface area contributed by atoms with Crippen molar-refractivity contribution in [3.8, 4) is 0 Å². The Balaban J connectivity index is 2.34. The fourth-order valence-corrected chi connectivity index (χ4v) is 3.63. The van der Waals surface area contributed by atoms with Gasteiger partial charge in [-0.3, -0.25) is 0 Å². The number of rotatable bonds is 5. The van der Waals surface area contributed by atoms with Crippen LogP contribution in [-0.4, -0.2) is 35.7 Å². The molecule has 0 heterocycles. The van der Waals surface area contributed by atoms with Gasteiger partial charge in [-0.1, -0.05) is 30.2 Å². The lowest BCUT2D eigenvalue weighted by atomic mass is 9.58. The molecule has 112 valence electrons. The summed E-state index contributed by atoms with van der Waals surface area (Å²) in [5.74, 6) is 0. The first-order valence-electron chi connectivity index (χ1n) is 7.39. The van der Waals surface area contributed by atoms with Gasteiger partial charge in [0.1, 0.15) is 0 Å². The second-order valence-corrected chi connectivity index (χ2v) is 7.45. The molecule has 1 aromatic rings. The highest BCUT2D eigenvalue weighted by Crippen LogP contribution is 2.49. The predicted molar refractivity (Wildman–Crippen MR) is 85.4 cm³/mol. The maximum atomic E-state index is 10.3. The molecule has 1 aliphatic rings. The molecule has 1 fully saturated rings. The van der Waals surface area contributed by atoms with Crippen LogP contribution in [0.3, 0.4) is 0 Å². The molecule has 0 aromatic heterocycles. The summed E-state index contributed by atoms with van der Waals surface area (Å²) in [5, 5.41) is 11.0. The Labute approximate surface area is 127 Å². The molecule has 0 aliphatic heterocycles. The average molecular weight is 296 g/mol. The molecule has 3 heteroatoms. The summed E-state index contributed by atoms with van der Waals surface area (Å²) < 4.78 is 0. The third kappa shape index (κ3) is 3.19. The zero-order chi connectivity index (χ0) is 15.0. The molecule has 1 N–H and O–H groups in total. The Bertz CT molecular complexity index is 443. The first kappa shape index (κ1) is 15.8. The van der Waals surface area contributed by atoms with Crippen molar-refractivity contribution in [3.05, 3.63) is 34.9 Å². The summed E-state index contributed by atoms with van der Waals surface area (Å²) in [4.78, 5) is 2.27. The number of hydrogen-bond acceptors (Lipinski definition) is 2. The van der Waals surface area contributed by atoms with Crippen LogP contribution < -0.4 is 0 Å². The van der Waals surface area contributed by atoms with Crippen LogP contribution in [0.2, 0.25) is 5.02 Å². The van der Waals surface area contributed by atoms with Crippen LogP contribution in [-0.2, 0) is 5.41 Å². The monoisotopic (exact) mass is 295 g/mol. The van der Waals surface area contributed by atoms with Crippen molar-refractivity contribution >= 4 is 11.6 Å². The van der Waals surface area contributed by atoms with Crippen LogP contribution >= 0.6 is 11.6 Å². The molecule has 1 aliphatic carbocycles. The molecule has 1 atom stereocenters. The third-order valence-corrected chi connectivity index (χ3v) is 4.87. The highest BCUT2D eigenvalue weighted by molar-refractivity contribution is 6.30. The number of aliphatic hydroxyl groups is 1. The first-order valence-corrected chi connectivity index (χ1v) is 7.77. The van der Waals surface area contributed by atoms with E-state index in [1.54, 1.807) is 0 Å². The summed E-state index contributed by atoms with van der Waals surface area (Å²) in [6, 6.07) is 8.61. The highest BCUT2D eigenvalue weighted by atomic mass is 35.5. The van der Waals surface area contributed by atoms with Crippen molar-refractivity contribution in [2.45, 2.75) is 56.6 Å². The predicted octanol–water partition coefficient (Wildman–Crippen LogP) is 3.85. The Morgan fingerprint density at radius 3 is 2.15 bits per heavy atom. The Hall–Kier alpha value is -0.570. The zero-order valence-corrected chi connectivity index (χ0v) is 13.7. The van der Waals surface area contributed by atoms with Crippen molar-refractivity contribution in [2.24, 2.45) is 0 Å². The normalized spacial score (nSPS) is 19.8. The van der Waals surface area contributed by atoms with Gasteiger partial charge in [0.2, 0.25) is 0 Å². The lowest BCUT2D eigenvalue weighted by Crippen LogP contribution is -2.54. The Morgan fingerprint density at radius 1 is 1.25 bits per heavy atom. The summed E-state index contributed by atoms with van der Waals surface area (Å²) in [6.45, 7) is 3.80. The molecule has 0 unspecified atom stereocenters. The van der Waals surface area contributed by atoms with Gasteiger partial charge in [-0.15, -0.1) is 0 Å². The van der Waals surface area contributed by atoms with Crippen molar-refractivity contribution in [2.75, 3.05) is 14.1 Å². The highest BCUT2D eigenvalue weighted by Gasteiger charge is 2.47. The molecular formula is C17H26ClNO. The van der Waals surface area contributed by atoms with Gasteiger partial charge in [0.25, 0.3) is 0 Å². The fourth-order valence-electron chi connectivity index (χ4n) is 3.50. The number of benzene rings is 1. The van der Waals surface area contributed by atoms with Crippen LogP contribution in [0.25, 0.3) is 0 Å². The molecule has 0 radical (unpaired) electrons. The second-order valence-electron chi connectivity index (χ2n) is 7.01. The molecule has 0 bridgehead atoms. The lowest BCUT2D eigenvalue weighted by molar-refractivity contribution is 0.00177. The SMILES string of the molecule is CN(C)[C@@H](CC(C)(C)O)C1(c2ccc(Cl)cc2)CCC1. The topological polar surface area (TPSA) is 23.5 Å². The standard InChI is InChI=1S/C17H26ClNO/c1-16(2,20)12-15(19(3)4)17(10-5-11-17)13-6-8-14(18)9-7-13/h6-9,15,20H,5,10-12H2,1-4H3/t15-/m0/s1. The molecule has 0 spiro atoms. The van der Waals surface area contributed by atoms with E-state index in [1.165, 1.54) is 24.8 Å². The van der Waals surface area contributed by atoms with E-state index in [-0.39, 0.29) is 5.41 Å². The quantitative estimate of drug-likeness (QED) is 0.892. The Kier molecular flexibility index (Phi) is 4.48. The largest absolute Gasteiger partial charge is 0.390 e. The van der Waals surface area contributed by atoms with E-state index in [4.69, 9.17) is 11.6 Å². The number of likely N-dealkylation sites (N-methyl/N-ethyl adjacent to an activating group) is 1.